The van der Waals surface area contributed by atoms with Crippen molar-refractivity contribution in [2.45, 2.75) is 6.92 Å². The van der Waals surface area contributed by atoms with Crippen molar-refractivity contribution >= 4 is 46.3 Å². The van der Waals surface area contributed by atoms with E-state index in [0.29, 0.717) is 32.1 Å². The van der Waals surface area contributed by atoms with Crippen LogP contribution in [-0.2, 0) is 4.74 Å². The summed E-state index contributed by atoms with van der Waals surface area (Å²) in [5.74, 6) is 1.22. The second-order valence-electron chi connectivity index (χ2n) is 5.37. The van der Waals surface area contributed by atoms with E-state index >= 15 is 0 Å². The highest BCUT2D eigenvalue weighted by atomic mass is 35.5. The number of aromatic nitrogens is 2. The first-order valence-electron chi connectivity index (χ1n) is 7.70. The number of hydrogen-bond acceptors (Lipinski definition) is 3. The highest BCUT2D eigenvalue weighted by Gasteiger charge is 2.14. The third-order valence-corrected chi connectivity index (χ3v) is 4.44. The molecule has 0 bridgehead atoms. The predicted octanol–water partition coefficient (Wildman–Crippen LogP) is 6.24. The van der Waals surface area contributed by atoms with Crippen LogP contribution in [-0.4, -0.2) is 16.3 Å². The first-order chi connectivity index (χ1) is 12.5. The van der Waals surface area contributed by atoms with E-state index in [4.69, 9.17) is 44.3 Å². The molecule has 0 aliphatic heterocycles. The lowest BCUT2D eigenvalue weighted by atomic mass is 10.1. The number of allylic oxidation sites excluding steroid dienone is 1. The maximum absolute atomic E-state index is 6.36. The number of ether oxygens (including phenoxy) is 2. The largest absolute Gasteiger partial charge is 0.457 e. The quantitative estimate of drug-likeness (QED) is 0.357. The molecule has 0 atom stereocenters. The van der Waals surface area contributed by atoms with Crippen LogP contribution in [0.4, 0.5) is 0 Å². The minimum Gasteiger partial charge on any atom is -0.457 e. The zero-order chi connectivity index (χ0) is 18.5. The minimum atomic E-state index is 0.00194. The minimum absolute atomic E-state index is 0.00194. The molecule has 3 aromatic rings. The summed E-state index contributed by atoms with van der Waals surface area (Å²) in [4.78, 5) is 4.07. The maximum Gasteiger partial charge on any atom is 0.231 e. The van der Waals surface area contributed by atoms with Crippen LogP contribution in [0.15, 0.2) is 61.2 Å². The van der Waals surface area contributed by atoms with Crippen molar-refractivity contribution in [3.05, 3.63) is 81.8 Å². The van der Waals surface area contributed by atoms with E-state index in [-0.39, 0.29) is 6.79 Å². The van der Waals surface area contributed by atoms with Gasteiger partial charge in [0.2, 0.25) is 6.79 Å². The van der Waals surface area contributed by atoms with Gasteiger partial charge in [-0.05, 0) is 49.4 Å². The van der Waals surface area contributed by atoms with E-state index < -0.39 is 0 Å². The Morgan fingerprint density at radius 1 is 1.04 bits per heavy atom. The molecule has 0 unspecified atom stereocenters. The van der Waals surface area contributed by atoms with Crippen LogP contribution >= 0.6 is 34.8 Å². The zero-order valence-corrected chi connectivity index (χ0v) is 16.1. The molecule has 134 valence electrons. The van der Waals surface area contributed by atoms with Crippen molar-refractivity contribution in [1.82, 2.24) is 9.55 Å². The van der Waals surface area contributed by atoms with Gasteiger partial charge in [0.1, 0.15) is 5.75 Å². The van der Waals surface area contributed by atoms with E-state index in [0.717, 1.165) is 5.70 Å². The highest BCUT2D eigenvalue weighted by molar-refractivity contribution is 6.35. The molecule has 0 saturated carbocycles. The molecule has 3 rings (SSSR count). The van der Waals surface area contributed by atoms with Crippen molar-refractivity contribution in [3.63, 3.8) is 0 Å². The molecule has 0 aliphatic rings. The Morgan fingerprint density at radius 3 is 2.42 bits per heavy atom. The fraction of sp³-hybridized carbons (Fsp3) is 0.105. The van der Waals surface area contributed by atoms with E-state index in [9.17, 15) is 0 Å². The number of imidazole rings is 1. The van der Waals surface area contributed by atoms with Gasteiger partial charge in [-0.1, -0.05) is 34.8 Å². The molecule has 0 spiro atoms. The maximum atomic E-state index is 6.36. The molecule has 0 fully saturated rings. The van der Waals surface area contributed by atoms with E-state index in [1.54, 1.807) is 48.9 Å². The first kappa shape index (κ1) is 18.6. The number of benzene rings is 2. The molecule has 1 aromatic heterocycles. The van der Waals surface area contributed by atoms with Gasteiger partial charge in [-0.25, -0.2) is 4.98 Å². The summed E-state index contributed by atoms with van der Waals surface area (Å²) in [6.07, 6.45) is 5.19. The summed E-state index contributed by atoms with van der Waals surface area (Å²) in [5.41, 5.74) is 1.52. The van der Waals surface area contributed by atoms with Gasteiger partial charge < -0.3 is 14.0 Å². The van der Waals surface area contributed by atoms with Gasteiger partial charge in [-0.3, -0.25) is 0 Å². The third-order valence-electron chi connectivity index (χ3n) is 3.64. The molecular weight excluding hydrogens is 395 g/mol. The monoisotopic (exact) mass is 408 g/mol. The van der Waals surface area contributed by atoms with Crippen LogP contribution in [0.3, 0.4) is 0 Å². The molecule has 4 nitrogen and oxygen atoms in total. The van der Waals surface area contributed by atoms with Gasteiger partial charge in [0, 0.05) is 28.0 Å². The Hall–Kier alpha value is -2.14. The Kier molecular flexibility index (Phi) is 6.09. The summed E-state index contributed by atoms with van der Waals surface area (Å²) < 4.78 is 13.4. The van der Waals surface area contributed by atoms with Gasteiger partial charge in [-0.15, -0.1) is 0 Å². The lowest BCUT2D eigenvalue weighted by Gasteiger charge is -2.17. The standard InChI is InChI=1S/C19H15Cl3N2O2/c1-13(24-9-8-23-11-24)19(17-7-4-15(21)10-18(17)22)26-12-25-16-5-2-14(20)3-6-16/h2-11H,12H2,1H3/b19-13+. The van der Waals surface area contributed by atoms with Crippen molar-refractivity contribution in [3.8, 4) is 5.75 Å². The second kappa shape index (κ2) is 8.49. The third kappa shape index (κ3) is 4.52. The van der Waals surface area contributed by atoms with Crippen molar-refractivity contribution in [1.29, 1.82) is 0 Å². The topological polar surface area (TPSA) is 36.3 Å². The SMILES string of the molecule is C/C(=C(\OCOc1ccc(Cl)cc1)c1ccc(Cl)cc1Cl)n1ccnc1. The number of hydrogen-bond donors (Lipinski definition) is 0. The average molecular weight is 410 g/mol. The number of nitrogens with zero attached hydrogens (tertiary/aromatic N) is 2. The summed E-state index contributed by atoms with van der Waals surface area (Å²) in [6.45, 7) is 1.91. The average Bonchev–Trinajstić information content (AvgIpc) is 3.15. The van der Waals surface area contributed by atoms with E-state index in [1.165, 1.54) is 0 Å². The van der Waals surface area contributed by atoms with Gasteiger partial charge in [0.25, 0.3) is 0 Å². The van der Waals surface area contributed by atoms with E-state index in [2.05, 4.69) is 4.98 Å². The molecule has 7 heteroatoms. The molecule has 0 amide bonds. The fourth-order valence-electron chi connectivity index (χ4n) is 2.31. The summed E-state index contributed by atoms with van der Waals surface area (Å²) in [6, 6.07) is 12.3. The molecule has 0 N–H and O–H groups in total. The van der Waals surface area contributed by atoms with Crippen molar-refractivity contribution in [2.24, 2.45) is 0 Å². The van der Waals surface area contributed by atoms with Crippen LogP contribution in [0.1, 0.15) is 12.5 Å². The van der Waals surface area contributed by atoms with Gasteiger partial charge in [0.05, 0.1) is 17.0 Å². The summed E-state index contributed by atoms with van der Waals surface area (Å²) in [5, 5.41) is 1.68. The summed E-state index contributed by atoms with van der Waals surface area (Å²) in [7, 11) is 0. The Labute approximate surface area is 166 Å². The van der Waals surface area contributed by atoms with Crippen molar-refractivity contribution < 1.29 is 9.47 Å². The normalized spacial score (nSPS) is 11.8. The molecule has 0 aliphatic carbocycles. The Morgan fingerprint density at radius 2 is 1.77 bits per heavy atom. The molecule has 0 radical (unpaired) electrons. The first-order valence-corrected chi connectivity index (χ1v) is 8.84. The number of halogens is 3. The highest BCUT2D eigenvalue weighted by Crippen LogP contribution is 2.31. The van der Waals surface area contributed by atoms with Gasteiger partial charge in [0.15, 0.2) is 5.76 Å². The van der Waals surface area contributed by atoms with Crippen LogP contribution in [0.25, 0.3) is 11.5 Å². The molecule has 1 heterocycles. The van der Waals surface area contributed by atoms with Gasteiger partial charge >= 0.3 is 0 Å². The lowest BCUT2D eigenvalue weighted by molar-refractivity contribution is 0.0954. The smallest absolute Gasteiger partial charge is 0.231 e. The van der Waals surface area contributed by atoms with Gasteiger partial charge in [-0.2, -0.15) is 0 Å². The van der Waals surface area contributed by atoms with Crippen molar-refractivity contribution in [2.75, 3.05) is 6.79 Å². The molecule has 2 aromatic carbocycles. The van der Waals surface area contributed by atoms with Crippen LogP contribution in [0, 0.1) is 0 Å². The van der Waals surface area contributed by atoms with Crippen LogP contribution < -0.4 is 4.74 Å². The van der Waals surface area contributed by atoms with E-state index in [1.807, 2.05) is 23.8 Å². The van der Waals surface area contributed by atoms with Crippen LogP contribution in [0.2, 0.25) is 15.1 Å². The fourth-order valence-corrected chi connectivity index (χ4v) is 2.93. The predicted molar refractivity (Wildman–Crippen MR) is 106 cm³/mol. The summed E-state index contributed by atoms with van der Waals surface area (Å²) >= 11 is 18.2. The molecular formula is C19H15Cl3N2O2. The zero-order valence-electron chi connectivity index (χ0n) is 13.8. The molecule has 0 saturated heterocycles. The number of rotatable bonds is 6. The molecule has 26 heavy (non-hydrogen) atoms. The lowest BCUT2D eigenvalue weighted by Crippen LogP contribution is -2.06. The second-order valence-corrected chi connectivity index (χ2v) is 6.65. The van der Waals surface area contributed by atoms with Crippen LogP contribution in [0.5, 0.6) is 5.75 Å². The Bertz CT molecular complexity index is 907. The Balaban J connectivity index is 1.86.